The number of rotatable bonds is 0. The Bertz CT molecular complexity index is 43.6. The second-order valence-electron chi connectivity index (χ2n) is 0.344. The quantitative estimate of drug-likeness (QED) is 0.336. The van der Waals surface area contributed by atoms with Gasteiger partial charge in [0, 0.05) is 42.1 Å². The molecule has 0 aromatic heterocycles. The zero-order valence-corrected chi connectivity index (χ0v) is 8.21. The smallest absolute Gasteiger partial charge is 0.0181 e. The minimum Gasteiger partial charge on any atom is -0.0953 e. The molecule has 0 aliphatic rings. The van der Waals surface area contributed by atoms with Crippen molar-refractivity contribution in [3.05, 3.63) is 0 Å². The summed E-state index contributed by atoms with van der Waals surface area (Å²) in [6.45, 7) is 1.81. The SMILES string of the molecule is CC#CI.[Zn]. The molecule has 0 heterocycles. The van der Waals surface area contributed by atoms with Crippen LogP contribution in [0.5, 0.6) is 0 Å². The van der Waals surface area contributed by atoms with Crippen LogP contribution in [-0.4, -0.2) is 0 Å². The molecule has 0 aliphatic carbocycles. The van der Waals surface area contributed by atoms with Gasteiger partial charge in [-0.2, -0.15) is 0 Å². The molecule has 0 unspecified atom stereocenters. The van der Waals surface area contributed by atoms with Gasteiger partial charge in [0.15, 0.2) is 0 Å². The first-order chi connectivity index (χ1) is 1.91. The average molecular weight is 231 g/mol. The monoisotopic (exact) mass is 230 g/mol. The molecule has 0 bridgehead atoms. The van der Waals surface area contributed by atoms with Gasteiger partial charge in [0.25, 0.3) is 0 Å². The van der Waals surface area contributed by atoms with Crippen molar-refractivity contribution in [1.82, 2.24) is 0 Å². The minimum absolute atomic E-state index is 0. The Morgan fingerprint density at radius 1 is 1.60 bits per heavy atom. The van der Waals surface area contributed by atoms with E-state index in [4.69, 9.17) is 0 Å². The fourth-order valence-electron chi connectivity index (χ4n) is 0. The van der Waals surface area contributed by atoms with Crippen LogP contribution in [0.25, 0.3) is 0 Å². The normalized spacial score (nSPS) is 2.80. The molecule has 0 radical (unpaired) electrons. The third-order valence-electron chi connectivity index (χ3n) is 0.0945. The van der Waals surface area contributed by atoms with Crippen LogP contribution in [0.3, 0.4) is 0 Å². The van der Waals surface area contributed by atoms with E-state index in [0.717, 1.165) is 0 Å². The van der Waals surface area contributed by atoms with Gasteiger partial charge in [0.1, 0.15) is 0 Å². The van der Waals surface area contributed by atoms with Crippen molar-refractivity contribution in [3.8, 4) is 9.85 Å². The number of hydrogen-bond donors (Lipinski definition) is 0. The minimum atomic E-state index is 0. The molecule has 0 rings (SSSR count). The van der Waals surface area contributed by atoms with Crippen molar-refractivity contribution in [1.29, 1.82) is 0 Å². The van der Waals surface area contributed by atoms with Gasteiger partial charge in [-0.1, -0.05) is 5.92 Å². The van der Waals surface area contributed by atoms with Gasteiger partial charge < -0.3 is 0 Å². The summed E-state index contributed by atoms with van der Waals surface area (Å²) in [5, 5.41) is 0. The van der Waals surface area contributed by atoms with Crippen molar-refractivity contribution < 1.29 is 19.5 Å². The molecule has 0 amide bonds. The van der Waals surface area contributed by atoms with Gasteiger partial charge in [0.2, 0.25) is 0 Å². The standard InChI is InChI=1S/C3H3I.Zn/c1-2-3-4;/h1H3;. The molecule has 0 nitrogen and oxygen atoms in total. The fraction of sp³-hybridized carbons (Fsp3) is 0.333. The average Bonchev–Trinajstić information content (AvgIpc) is 1.37. The van der Waals surface area contributed by atoms with Crippen LogP contribution >= 0.6 is 22.6 Å². The first-order valence-corrected chi connectivity index (χ1v) is 2.02. The van der Waals surface area contributed by atoms with Gasteiger partial charge >= 0.3 is 0 Å². The molecular weight excluding hydrogens is 228 g/mol. The third-order valence-corrected chi connectivity index (χ3v) is 0.634. The second kappa shape index (κ2) is 8.87. The zero-order valence-electron chi connectivity index (χ0n) is 3.09. The van der Waals surface area contributed by atoms with Crippen LogP contribution < -0.4 is 0 Å². The topological polar surface area (TPSA) is 0 Å². The Kier molecular flexibility index (Phi) is 16.5. The summed E-state index contributed by atoms with van der Waals surface area (Å²) < 4.78 is 2.65. The molecule has 24 valence electrons. The predicted molar refractivity (Wildman–Crippen MR) is 27.5 cm³/mol. The maximum absolute atomic E-state index is 2.67. The van der Waals surface area contributed by atoms with Crippen molar-refractivity contribution in [3.63, 3.8) is 0 Å². The molecular formula is C3H3IZn. The van der Waals surface area contributed by atoms with Crippen molar-refractivity contribution in [2.45, 2.75) is 6.92 Å². The first kappa shape index (κ1) is 9.32. The van der Waals surface area contributed by atoms with E-state index in [1.54, 1.807) is 0 Å². The van der Waals surface area contributed by atoms with Crippen LogP contribution in [0.15, 0.2) is 0 Å². The molecule has 2 heteroatoms. The van der Waals surface area contributed by atoms with E-state index in [9.17, 15) is 0 Å². The molecule has 0 saturated carbocycles. The molecule has 0 saturated heterocycles. The summed E-state index contributed by atoms with van der Waals surface area (Å²) in [4.78, 5) is 0. The fourth-order valence-corrected chi connectivity index (χ4v) is 0. The Labute approximate surface area is 58.6 Å². The Hall–Kier alpha value is 0.913. The summed E-state index contributed by atoms with van der Waals surface area (Å²) in [6, 6.07) is 0. The van der Waals surface area contributed by atoms with Gasteiger partial charge in [-0.3, -0.25) is 0 Å². The Morgan fingerprint density at radius 2 is 1.80 bits per heavy atom. The largest absolute Gasteiger partial charge is 0.0953 e. The second-order valence-corrected chi connectivity index (χ2v) is 0.884. The molecule has 0 aliphatic heterocycles. The van der Waals surface area contributed by atoms with E-state index in [2.05, 4.69) is 9.85 Å². The summed E-state index contributed by atoms with van der Waals surface area (Å²) in [5.41, 5.74) is 0. The first-order valence-electron chi connectivity index (χ1n) is 0.939. The third kappa shape index (κ3) is 11.4. The van der Waals surface area contributed by atoms with Crippen LogP contribution in [0.2, 0.25) is 0 Å². The van der Waals surface area contributed by atoms with E-state index < -0.39 is 0 Å². The van der Waals surface area contributed by atoms with Crippen LogP contribution in [0.1, 0.15) is 6.92 Å². The van der Waals surface area contributed by atoms with Crippen LogP contribution in [0.4, 0.5) is 0 Å². The summed E-state index contributed by atoms with van der Waals surface area (Å²) in [6.07, 6.45) is 0. The summed E-state index contributed by atoms with van der Waals surface area (Å²) in [7, 11) is 0. The van der Waals surface area contributed by atoms with E-state index >= 15 is 0 Å². The van der Waals surface area contributed by atoms with E-state index in [-0.39, 0.29) is 19.5 Å². The number of hydrogen-bond acceptors (Lipinski definition) is 0. The zero-order chi connectivity index (χ0) is 3.41. The van der Waals surface area contributed by atoms with E-state index in [1.165, 1.54) is 0 Å². The van der Waals surface area contributed by atoms with Crippen LogP contribution in [-0.2, 0) is 19.5 Å². The molecule has 0 spiro atoms. The summed E-state index contributed by atoms with van der Waals surface area (Å²) in [5.74, 6) is 2.67. The molecule has 5 heavy (non-hydrogen) atoms. The Balaban J connectivity index is 0. The van der Waals surface area contributed by atoms with E-state index in [0.29, 0.717) is 0 Å². The maximum atomic E-state index is 2.67. The molecule has 0 fully saturated rings. The molecule has 0 aromatic carbocycles. The maximum Gasteiger partial charge on any atom is 0.0181 e. The van der Waals surface area contributed by atoms with Gasteiger partial charge in [-0.15, -0.1) is 0 Å². The van der Waals surface area contributed by atoms with Gasteiger partial charge in [-0.05, 0) is 10.9 Å². The predicted octanol–water partition coefficient (Wildman–Crippen LogP) is 1.40. The van der Waals surface area contributed by atoms with Gasteiger partial charge in [-0.25, -0.2) is 0 Å². The molecule has 0 aromatic rings. The van der Waals surface area contributed by atoms with Crippen molar-refractivity contribution >= 4 is 22.6 Å². The van der Waals surface area contributed by atoms with Crippen molar-refractivity contribution in [2.24, 2.45) is 0 Å². The van der Waals surface area contributed by atoms with E-state index in [1.807, 2.05) is 29.5 Å². The Morgan fingerprint density at radius 3 is 1.80 bits per heavy atom. The van der Waals surface area contributed by atoms with Gasteiger partial charge in [0.05, 0.1) is 0 Å². The van der Waals surface area contributed by atoms with Crippen molar-refractivity contribution in [2.75, 3.05) is 0 Å². The molecule has 0 atom stereocenters. The number of halogens is 1. The summed E-state index contributed by atoms with van der Waals surface area (Å²) >= 11 is 1.99. The molecule has 0 N–H and O–H groups in total. The van der Waals surface area contributed by atoms with Crippen LogP contribution in [0, 0.1) is 9.85 Å².